The predicted molar refractivity (Wildman–Crippen MR) is 107 cm³/mol. The van der Waals surface area contributed by atoms with Crippen LogP contribution in [0.1, 0.15) is 37.7 Å². The minimum Gasteiger partial charge on any atom is -0.370 e. The van der Waals surface area contributed by atoms with Gasteiger partial charge in [0.25, 0.3) is 0 Å². The van der Waals surface area contributed by atoms with E-state index in [2.05, 4.69) is 27.0 Å². The molecule has 0 bridgehead atoms. The molecular formula is C20H25ClN4O. The Morgan fingerprint density at radius 2 is 2.00 bits per heavy atom. The first-order chi connectivity index (χ1) is 12.7. The fraction of sp³-hybridized carbons (Fsp3) is 0.400. The van der Waals surface area contributed by atoms with Gasteiger partial charge in [-0.05, 0) is 49.1 Å². The number of urea groups is 1. The van der Waals surface area contributed by atoms with Crippen molar-refractivity contribution in [3.05, 3.63) is 53.2 Å². The van der Waals surface area contributed by atoms with Gasteiger partial charge in [0.05, 0.1) is 11.9 Å². The van der Waals surface area contributed by atoms with Crippen LogP contribution in [-0.2, 0) is 6.42 Å². The highest BCUT2D eigenvalue weighted by molar-refractivity contribution is 6.30. The number of carbonyl (C=O) groups is 1. The first-order valence-electron chi connectivity index (χ1n) is 9.21. The Hall–Kier alpha value is -2.27. The van der Waals surface area contributed by atoms with Crippen LogP contribution in [0, 0.1) is 0 Å². The molecule has 2 amide bonds. The van der Waals surface area contributed by atoms with Crippen molar-refractivity contribution in [2.75, 3.05) is 17.2 Å². The molecule has 1 aromatic carbocycles. The SMILES string of the molecule is O=C(Nc1ccc(NCCc2cccc(Cl)c2)nc1)NC1CCCCC1. The van der Waals surface area contributed by atoms with Crippen molar-refractivity contribution in [2.45, 2.75) is 44.6 Å². The Morgan fingerprint density at radius 1 is 1.15 bits per heavy atom. The van der Waals surface area contributed by atoms with Crippen LogP contribution >= 0.6 is 11.6 Å². The molecule has 1 aliphatic carbocycles. The van der Waals surface area contributed by atoms with E-state index in [1.165, 1.54) is 24.8 Å². The number of anilines is 2. The van der Waals surface area contributed by atoms with Gasteiger partial charge in [-0.15, -0.1) is 0 Å². The number of benzene rings is 1. The monoisotopic (exact) mass is 372 g/mol. The molecule has 2 aromatic rings. The molecule has 0 saturated heterocycles. The van der Waals surface area contributed by atoms with Crippen LogP contribution in [0.25, 0.3) is 0 Å². The Balaban J connectivity index is 1.42. The van der Waals surface area contributed by atoms with Crippen LogP contribution in [-0.4, -0.2) is 23.6 Å². The maximum absolute atomic E-state index is 12.0. The second-order valence-electron chi connectivity index (χ2n) is 6.67. The zero-order valence-corrected chi connectivity index (χ0v) is 15.6. The van der Waals surface area contributed by atoms with Crippen LogP contribution in [0.3, 0.4) is 0 Å². The third kappa shape index (κ3) is 5.92. The standard InChI is InChI=1S/C20H25ClN4O/c21-16-6-4-5-15(13-16)11-12-22-19-10-9-18(14-23-19)25-20(26)24-17-7-2-1-3-8-17/h4-6,9-10,13-14,17H,1-3,7-8,11-12H2,(H,22,23)(H2,24,25,26). The number of amides is 2. The normalized spacial score (nSPS) is 14.7. The minimum absolute atomic E-state index is 0.152. The summed E-state index contributed by atoms with van der Waals surface area (Å²) in [5.74, 6) is 0.783. The molecule has 138 valence electrons. The molecule has 0 unspecified atom stereocenters. The number of halogens is 1. The van der Waals surface area contributed by atoms with Gasteiger partial charge in [0, 0.05) is 17.6 Å². The Morgan fingerprint density at radius 3 is 2.73 bits per heavy atom. The molecule has 0 atom stereocenters. The van der Waals surface area contributed by atoms with Crippen LogP contribution in [0.5, 0.6) is 0 Å². The number of nitrogens with zero attached hydrogens (tertiary/aromatic N) is 1. The maximum atomic E-state index is 12.0. The van der Waals surface area contributed by atoms with Crippen molar-refractivity contribution in [1.82, 2.24) is 10.3 Å². The second-order valence-corrected chi connectivity index (χ2v) is 7.11. The maximum Gasteiger partial charge on any atom is 0.319 e. The van der Waals surface area contributed by atoms with E-state index in [9.17, 15) is 4.79 Å². The molecule has 0 aliphatic heterocycles. The van der Waals surface area contributed by atoms with Crippen LogP contribution in [0.2, 0.25) is 5.02 Å². The zero-order valence-electron chi connectivity index (χ0n) is 14.8. The van der Waals surface area contributed by atoms with Crippen LogP contribution in [0.15, 0.2) is 42.6 Å². The average Bonchev–Trinajstić information content (AvgIpc) is 2.64. The lowest BCUT2D eigenvalue weighted by Gasteiger charge is -2.22. The summed E-state index contributed by atoms with van der Waals surface area (Å²) < 4.78 is 0. The van der Waals surface area contributed by atoms with Gasteiger partial charge in [-0.25, -0.2) is 9.78 Å². The first kappa shape index (κ1) is 18.5. The molecule has 1 saturated carbocycles. The molecule has 1 heterocycles. The molecule has 26 heavy (non-hydrogen) atoms. The predicted octanol–water partition coefficient (Wildman–Crippen LogP) is 4.84. The highest BCUT2D eigenvalue weighted by atomic mass is 35.5. The number of hydrogen-bond acceptors (Lipinski definition) is 3. The summed E-state index contributed by atoms with van der Waals surface area (Å²) in [6, 6.07) is 11.7. The molecule has 0 radical (unpaired) electrons. The lowest BCUT2D eigenvalue weighted by atomic mass is 9.96. The van der Waals surface area contributed by atoms with Gasteiger partial charge in [-0.2, -0.15) is 0 Å². The highest BCUT2D eigenvalue weighted by Gasteiger charge is 2.15. The summed E-state index contributed by atoms with van der Waals surface area (Å²) in [6.07, 6.45) is 8.34. The molecule has 6 heteroatoms. The Kier molecular flexibility index (Phi) is 6.72. The Bertz CT molecular complexity index is 714. The molecule has 5 nitrogen and oxygen atoms in total. The first-order valence-corrected chi connectivity index (χ1v) is 9.59. The van der Waals surface area contributed by atoms with E-state index in [4.69, 9.17) is 11.6 Å². The molecule has 3 rings (SSSR count). The quantitative estimate of drug-likeness (QED) is 0.679. The lowest BCUT2D eigenvalue weighted by molar-refractivity contribution is 0.244. The number of carbonyl (C=O) groups excluding carboxylic acids is 1. The van der Waals surface area contributed by atoms with Crippen molar-refractivity contribution in [2.24, 2.45) is 0 Å². The number of aromatic nitrogens is 1. The van der Waals surface area contributed by atoms with Gasteiger partial charge < -0.3 is 16.0 Å². The van der Waals surface area contributed by atoms with Crippen molar-refractivity contribution in [1.29, 1.82) is 0 Å². The minimum atomic E-state index is -0.152. The second kappa shape index (κ2) is 9.43. The third-order valence-corrected chi connectivity index (χ3v) is 4.81. The van der Waals surface area contributed by atoms with Gasteiger partial charge in [0.1, 0.15) is 5.82 Å². The van der Waals surface area contributed by atoms with E-state index in [0.717, 1.165) is 36.6 Å². The number of hydrogen-bond donors (Lipinski definition) is 3. The van der Waals surface area contributed by atoms with Crippen molar-refractivity contribution >= 4 is 29.1 Å². The van der Waals surface area contributed by atoms with Gasteiger partial charge >= 0.3 is 6.03 Å². The smallest absolute Gasteiger partial charge is 0.319 e. The summed E-state index contributed by atoms with van der Waals surface area (Å²) in [6.45, 7) is 0.766. The molecule has 3 N–H and O–H groups in total. The topological polar surface area (TPSA) is 66.0 Å². The summed E-state index contributed by atoms with van der Waals surface area (Å²) in [7, 11) is 0. The van der Waals surface area contributed by atoms with E-state index in [1.54, 1.807) is 6.20 Å². The summed E-state index contributed by atoms with van der Waals surface area (Å²) in [4.78, 5) is 16.4. The fourth-order valence-corrected chi connectivity index (χ4v) is 3.41. The van der Waals surface area contributed by atoms with Crippen molar-refractivity contribution in [3.8, 4) is 0 Å². The number of rotatable bonds is 6. The number of pyridine rings is 1. The fourth-order valence-electron chi connectivity index (χ4n) is 3.20. The lowest BCUT2D eigenvalue weighted by Crippen LogP contribution is -2.39. The third-order valence-electron chi connectivity index (χ3n) is 4.57. The van der Waals surface area contributed by atoms with E-state index >= 15 is 0 Å². The van der Waals surface area contributed by atoms with Gasteiger partial charge in [-0.1, -0.05) is 43.0 Å². The average molecular weight is 373 g/mol. The highest BCUT2D eigenvalue weighted by Crippen LogP contribution is 2.18. The van der Waals surface area contributed by atoms with E-state index in [1.807, 2.05) is 30.3 Å². The zero-order chi connectivity index (χ0) is 18.2. The summed E-state index contributed by atoms with van der Waals surface area (Å²) in [5.41, 5.74) is 1.88. The molecule has 1 fully saturated rings. The van der Waals surface area contributed by atoms with Gasteiger partial charge in [-0.3, -0.25) is 0 Å². The largest absolute Gasteiger partial charge is 0.370 e. The molecule has 1 aliphatic rings. The summed E-state index contributed by atoms with van der Waals surface area (Å²) in [5, 5.41) is 9.91. The van der Waals surface area contributed by atoms with E-state index in [-0.39, 0.29) is 6.03 Å². The van der Waals surface area contributed by atoms with E-state index in [0.29, 0.717) is 11.7 Å². The van der Waals surface area contributed by atoms with Gasteiger partial charge in [0.2, 0.25) is 0 Å². The molecule has 1 aromatic heterocycles. The van der Waals surface area contributed by atoms with Crippen LogP contribution in [0.4, 0.5) is 16.3 Å². The van der Waals surface area contributed by atoms with Crippen LogP contribution < -0.4 is 16.0 Å². The van der Waals surface area contributed by atoms with E-state index < -0.39 is 0 Å². The van der Waals surface area contributed by atoms with Crippen molar-refractivity contribution in [3.63, 3.8) is 0 Å². The Labute approximate surface area is 159 Å². The van der Waals surface area contributed by atoms with Gasteiger partial charge in [0.15, 0.2) is 0 Å². The summed E-state index contributed by atoms with van der Waals surface area (Å²) >= 11 is 5.99. The molecule has 0 spiro atoms. The van der Waals surface area contributed by atoms with Crippen molar-refractivity contribution < 1.29 is 4.79 Å². The number of nitrogens with one attached hydrogen (secondary N) is 3. The molecular weight excluding hydrogens is 348 g/mol.